The van der Waals surface area contributed by atoms with Gasteiger partial charge in [-0.25, -0.2) is 0 Å². The van der Waals surface area contributed by atoms with E-state index in [-0.39, 0.29) is 5.91 Å². The van der Waals surface area contributed by atoms with E-state index in [1.807, 2.05) is 36.4 Å². The molecule has 0 aliphatic rings. The fraction of sp³-hybridized carbons (Fsp3) is 0.0625. The number of nitrogen functional groups attached to an aromatic ring is 1. The largest absolute Gasteiger partial charge is 0.399 e. The van der Waals surface area contributed by atoms with Crippen LogP contribution in [-0.2, 0) is 11.3 Å². The van der Waals surface area contributed by atoms with Gasteiger partial charge in [-0.05, 0) is 41.5 Å². The average molecular weight is 331 g/mol. The van der Waals surface area contributed by atoms with Gasteiger partial charge in [-0.3, -0.25) is 4.79 Å². The van der Waals surface area contributed by atoms with Crippen LogP contribution < -0.4 is 11.1 Å². The van der Waals surface area contributed by atoms with Crippen LogP contribution in [-0.4, -0.2) is 5.91 Å². The number of hydrogen-bond acceptors (Lipinski definition) is 2. The van der Waals surface area contributed by atoms with Crippen molar-refractivity contribution in [3.8, 4) is 0 Å². The zero-order valence-corrected chi connectivity index (χ0v) is 12.4. The Morgan fingerprint density at radius 2 is 1.75 bits per heavy atom. The minimum absolute atomic E-state index is 0.121. The van der Waals surface area contributed by atoms with Crippen molar-refractivity contribution >= 4 is 33.6 Å². The second-order valence-electron chi connectivity index (χ2n) is 4.34. The molecule has 0 heterocycles. The molecule has 0 unspecified atom stereocenters. The number of nitrogens with one attached hydrogen (secondary N) is 1. The van der Waals surface area contributed by atoms with Gasteiger partial charge >= 0.3 is 0 Å². The van der Waals surface area contributed by atoms with E-state index in [1.54, 1.807) is 18.2 Å². The van der Waals surface area contributed by atoms with E-state index >= 15 is 0 Å². The van der Waals surface area contributed by atoms with Crippen LogP contribution in [0, 0.1) is 0 Å². The summed E-state index contributed by atoms with van der Waals surface area (Å²) in [7, 11) is 0. The predicted octanol–water partition coefficient (Wildman–Crippen LogP) is 3.36. The van der Waals surface area contributed by atoms with Crippen molar-refractivity contribution in [3.05, 3.63) is 70.2 Å². The number of rotatable bonds is 4. The third kappa shape index (κ3) is 4.55. The Morgan fingerprint density at radius 3 is 2.40 bits per heavy atom. The molecule has 2 aromatic rings. The molecule has 0 saturated heterocycles. The van der Waals surface area contributed by atoms with Crippen LogP contribution in [0.15, 0.2) is 59.1 Å². The average Bonchev–Trinajstić information content (AvgIpc) is 2.46. The molecule has 0 aliphatic carbocycles. The maximum absolute atomic E-state index is 11.7. The number of carbonyl (C=O) groups is 1. The van der Waals surface area contributed by atoms with E-state index in [9.17, 15) is 4.79 Å². The lowest BCUT2D eigenvalue weighted by atomic mass is 10.2. The molecule has 0 fully saturated rings. The van der Waals surface area contributed by atoms with Gasteiger partial charge in [-0.2, -0.15) is 0 Å². The van der Waals surface area contributed by atoms with Crippen molar-refractivity contribution in [1.82, 2.24) is 5.32 Å². The van der Waals surface area contributed by atoms with Gasteiger partial charge in [0.15, 0.2) is 0 Å². The lowest BCUT2D eigenvalue weighted by Gasteiger charge is -2.02. The molecule has 0 saturated carbocycles. The van der Waals surface area contributed by atoms with Gasteiger partial charge in [0.05, 0.1) is 0 Å². The first-order chi connectivity index (χ1) is 9.63. The summed E-state index contributed by atoms with van der Waals surface area (Å²) in [5.74, 6) is -0.121. The molecule has 0 radical (unpaired) electrons. The molecule has 1 amide bonds. The molecule has 102 valence electrons. The van der Waals surface area contributed by atoms with Gasteiger partial charge in [0.1, 0.15) is 0 Å². The first kappa shape index (κ1) is 14.3. The number of carbonyl (C=O) groups excluding carboxylic acids is 1. The van der Waals surface area contributed by atoms with E-state index < -0.39 is 0 Å². The Balaban J connectivity index is 1.86. The normalized spacial score (nSPS) is 10.7. The molecule has 2 aromatic carbocycles. The number of benzene rings is 2. The molecular formula is C16H15BrN2O. The lowest BCUT2D eigenvalue weighted by molar-refractivity contribution is -0.116. The minimum Gasteiger partial charge on any atom is -0.399 e. The SMILES string of the molecule is Nc1ccc(/C=C/C(=O)NCc2ccc(Br)cc2)cc1. The summed E-state index contributed by atoms with van der Waals surface area (Å²) < 4.78 is 1.02. The fourth-order valence-electron chi connectivity index (χ4n) is 1.63. The molecule has 0 aliphatic heterocycles. The van der Waals surface area contributed by atoms with Gasteiger partial charge in [-0.15, -0.1) is 0 Å². The van der Waals surface area contributed by atoms with Crippen molar-refractivity contribution in [3.63, 3.8) is 0 Å². The number of nitrogens with two attached hydrogens (primary N) is 1. The molecule has 0 spiro atoms. The lowest BCUT2D eigenvalue weighted by Crippen LogP contribution is -2.20. The summed E-state index contributed by atoms with van der Waals surface area (Å²) in [6, 6.07) is 15.2. The van der Waals surface area contributed by atoms with Gasteiger partial charge in [-0.1, -0.05) is 40.2 Å². The molecule has 2 rings (SSSR count). The fourth-order valence-corrected chi connectivity index (χ4v) is 1.89. The third-order valence-electron chi connectivity index (χ3n) is 2.74. The van der Waals surface area contributed by atoms with Crippen LogP contribution in [0.3, 0.4) is 0 Å². The van der Waals surface area contributed by atoms with E-state index in [0.717, 1.165) is 15.6 Å². The minimum atomic E-state index is -0.121. The molecule has 3 nitrogen and oxygen atoms in total. The standard InChI is InChI=1S/C16H15BrN2O/c17-14-6-1-13(2-7-14)11-19-16(20)10-5-12-3-8-15(18)9-4-12/h1-10H,11,18H2,(H,19,20)/b10-5+. The zero-order chi connectivity index (χ0) is 14.4. The Bertz CT molecular complexity index is 603. The van der Waals surface area contributed by atoms with Crippen LogP contribution in [0.25, 0.3) is 6.08 Å². The van der Waals surface area contributed by atoms with Gasteiger partial charge in [0.2, 0.25) is 5.91 Å². The summed E-state index contributed by atoms with van der Waals surface area (Å²) in [6.45, 7) is 0.512. The van der Waals surface area contributed by atoms with Crippen LogP contribution in [0.5, 0.6) is 0 Å². The first-order valence-corrected chi connectivity index (χ1v) is 6.99. The summed E-state index contributed by atoms with van der Waals surface area (Å²) >= 11 is 3.37. The molecule has 3 N–H and O–H groups in total. The highest BCUT2D eigenvalue weighted by atomic mass is 79.9. The number of hydrogen-bond donors (Lipinski definition) is 2. The Labute approximate surface area is 126 Å². The van der Waals surface area contributed by atoms with Gasteiger partial charge < -0.3 is 11.1 Å². The highest BCUT2D eigenvalue weighted by molar-refractivity contribution is 9.10. The maximum Gasteiger partial charge on any atom is 0.244 e. The quantitative estimate of drug-likeness (QED) is 0.667. The van der Waals surface area contributed by atoms with Gasteiger partial charge in [0.25, 0.3) is 0 Å². The third-order valence-corrected chi connectivity index (χ3v) is 3.27. The predicted molar refractivity (Wildman–Crippen MR) is 85.9 cm³/mol. The molecule has 0 atom stereocenters. The number of anilines is 1. The van der Waals surface area contributed by atoms with E-state index in [0.29, 0.717) is 12.2 Å². The highest BCUT2D eigenvalue weighted by Gasteiger charge is 1.97. The molecular weight excluding hydrogens is 316 g/mol. The molecule has 4 heteroatoms. The molecule has 0 bridgehead atoms. The van der Waals surface area contributed by atoms with E-state index in [1.165, 1.54) is 6.08 Å². The first-order valence-electron chi connectivity index (χ1n) is 6.19. The van der Waals surface area contributed by atoms with Crippen LogP contribution >= 0.6 is 15.9 Å². The monoisotopic (exact) mass is 330 g/mol. The summed E-state index contributed by atoms with van der Waals surface area (Å²) in [4.78, 5) is 11.7. The summed E-state index contributed by atoms with van der Waals surface area (Å²) in [6.07, 6.45) is 3.28. The van der Waals surface area contributed by atoms with E-state index in [4.69, 9.17) is 5.73 Å². The van der Waals surface area contributed by atoms with Crippen molar-refractivity contribution in [1.29, 1.82) is 0 Å². The Hall–Kier alpha value is -2.07. The van der Waals surface area contributed by atoms with Crippen LogP contribution in [0.1, 0.15) is 11.1 Å². The van der Waals surface area contributed by atoms with Crippen molar-refractivity contribution in [2.24, 2.45) is 0 Å². The van der Waals surface area contributed by atoms with Crippen LogP contribution in [0.4, 0.5) is 5.69 Å². The Kier molecular flexibility index (Phi) is 4.96. The zero-order valence-electron chi connectivity index (χ0n) is 10.8. The molecule has 20 heavy (non-hydrogen) atoms. The smallest absolute Gasteiger partial charge is 0.244 e. The van der Waals surface area contributed by atoms with Crippen molar-refractivity contribution in [2.75, 3.05) is 5.73 Å². The van der Waals surface area contributed by atoms with Crippen molar-refractivity contribution in [2.45, 2.75) is 6.54 Å². The second kappa shape index (κ2) is 6.91. The van der Waals surface area contributed by atoms with Gasteiger partial charge in [0, 0.05) is 22.8 Å². The van der Waals surface area contributed by atoms with Crippen molar-refractivity contribution < 1.29 is 4.79 Å². The second-order valence-corrected chi connectivity index (χ2v) is 5.26. The topological polar surface area (TPSA) is 55.1 Å². The highest BCUT2D eigenvalue weighted by Crippen LogP contribution is 2.10. The van der Waals surface area contributed by atoms with E-state index in [2.05, 4.69) is 21.2 Å². The summed E-state index contributed by atoms with van der Waals surface area (Å²) in [5, 5.41) is 2.83. The number of halogens is 1. The molecule has 0 aromatic heterocycles. The number of amides is 1. The Morgan fingerprint density at radius 1 is 1.10 bits per heavy atom. The van der Waals surface area contributed by atoms with Crippen LogP contribution in [0.2, 0.25) is 0 Å². The maximum atomic E-state index is 11.7. The summed E-state index contributed by atoms with van der Waals surface area (Å²) in [5.41, 5.74) is 8.31.